The summed E-state index contributed by atoms with van der Waals surface area (Å²) in [5.74, 6) is 1.49. The normalized spacial score (nSPS) is 10.0. The highest BCUT2D eigenvalue weighted by molar-refractivity contribution is 5.85. The molecule has 6 nitrogen and oxygen atoms in total. The molecule has 0 aliphatic rings. The van der Waals surface area contributed by atoms with E-state index in [1.807, 2.05) is 54.6 Å². The zero-order valence-electron chi connectivity index (χ0n) is 15.3. The standard InChI is InChI=1S/C20H22N4O2.ClH/c1-25-17-5-3-4-15(12-17)18-13-19(24-20(23-18)26-2)22-11-10-14-6-8-16(21)9-7-14;/h3-9,12-13H,10-11,21H2,1-2H3,(H,22,23,24);1H. The van der Waals surface area contributed by atoms with Gasteiger partial charge in [-0.25, -0.2) is 0 Å². The zero-order valence-corrected chi connectivity index (χ0v) is 16.1. The fraction of sp³-hybridized carbons (Fsp3) is 0.200. The Morgan fingerprint density at radius 3 is 2.44 bits per heavy atom. The minimum Gasteiger partial charge on any atom is -0.497 e. The van der Waals surface area contributed by atoms with E-state index in [1.54, 1.807) is 14.2 Å². The van der Waals surface area contributed by atoms with Crippen molar-refractivity contribution in [2.75, 3.05) is 31.8 Å². The van der Waals surface area contributed by atoms with Gasteiger partial charge in [0.05, 0.1) is 19.9 Å². The first-order chi connectivity index (χ1) is 12.7. The molecule has 0 amide bonds. The molecule has 0 atom stereocenters. The third kappa shape index (κ3) is 5.49. The van der Waals surface area contributed by atoms with Crippen LogP contribution in [0.3, 0.4) is 0 Å². The third-order valence-corrected chi connectivity index (χ3v) is 3.95. The molecule has 0 unspecified atom stereocenters. The monoisotopic (exact) mass is 386 g/mol. The highest BCUT2D eigenvalue weighted by Crippen LogP contribution is 2.25. The Morgan fingerprint density at radius 1 is 0.963 bits per heavy atom. The van der Waals surface area contributed by atoms with Crippen LogP contribution in [0.15, 0.2) is 54.6 Å². The van der Waals surface area contributed by atoms with Crippen molar-refractivity contribution >= 4 is 23.9 Å². The van der Waals surface area contributed by atoms with Gasteiger partial charge in [-0.15, -0.1) is 12.4 Å². The molecule has 0 aliphatic heterocycles. The summed E-state index contributed by atoms with van der Waals surface area (Å²) in [7, 11) is 3.20. The van der Waals surface area contributed by atoms with Crippen LogP contribution in [0.2, 0.25) is 0 Å². The molecule has 142 valence electrons. The van der Waals surface area contributed by atoms with Crippen LogP contribution in [0.1, 0.15) is 5.56 Å². The Balaban J connectivity index is 0.00000261. The number of nitrogen functional groups attached to an aromatic ring is 1. The minimum atomic E-state index is 0. The summed E-state index contributed by atoms with van der Waals surface area (Å²) in [6.07, 6.45) is 0.862. The highest BCUT2D eigenvalue weighted by Gasteiger charge is 2.08. The van der Waals surface area contributed by atoms with Crippen molar-refractivity contribution in [3.63, 3.8) is 0 Å². The fourth-order valence-electron chi connectivity index (χ4n) is 2.56. The molecule has 3 N–H and O–H groups in total. The van der Waals surface area contributed by atoms with E-state index in [4.69, 9.17) is 15.2 Å². The first-order valence-corrected chi connectivity index (χ1v) is 8.34. The molecule has 27 heavy (non-hydrogen) atoms. The molecule has 1 heterocycles. The van der Waals surface area contributed by atoms with Crippen LogP contribution >= 0.6 is 12.4 Å². The maximum absolute atomic E-state index is 5.72. The van der Waals surface area contributed by atoms with Gasteiger partial charge in [-0.3, -0.25) is 0 Å². The Hall–Kier alpha value is -2.99. The van der Waals surface area contributed by atoms with Gasteiger partial charge in [0, 0.05) is 23.9 Å². The molecule has 3 aromatic rings. The Bertz CT molecular complexity index is 872. The molecule has 0 radical (unpaired) electrons. The second-order valence-corrected chi connectivity index (χ2v) is 5.78. The molecule has 7 heteroatoms. The van der Waals surface area contributed by atoms with E-state index in [-0.39, 0.29) is 12.4 Å². The van der Waals surface area contributed by atoms with Crippen molar-refractivity contribution in [1.82, 2.24) is 9.97 Å². The van der Waals surface area contributed by atoms with Gasteiger partial charge >= 0.3 is 6.01 Å². The summed E-state index contributed by atoms with van der Waals surface area (Å²) in [6, 6.07) is 17.8. The van der Waals surface area contributed by atoms with E-state index in [1.165, 1.54) is 5.56 Å². The Morgan fingerprint density at radius 2 is 1.74 bits per heavy atom. The molecule has 2 aromatic carbocycles. The van der Waals surface area contributed by atoms with Gasteiger partial charge in [0.2, 0.25) is 0 Å². The van der Waals surface area contributed by atoms with Crippen molar-refractivity contribution in [2.45, 2.75) is 6.42 Å². The van der Waals surface area contributed by atoms with Crippen LogP contribution in [0.5, 0.6) is 11.8 Å². The Labute approximate surface area is 165 Å². The smallest absolute Gasteiger partial charge is 0.318 e. The molecule has 0 aliphatic carbocycles. The predicted octanol–water partition coefficient (Wildman–Crippen LogP) is 3.82. The average molecular weight is 387 g/mol. The number of halogens is 1. The average Bonchev–Trinajstić information content (AvgIpc) is 2.69. The number of ether oxygens (including phenoxy) is 2. The summed E-state index contributed by atoms with van der Waals surface area (Å²) in [5.41, 5.74) is 9.40. The van der Waals surface area contributed by atoms with E-state index in [0.29, 0.717) is 11.8 Å². The molecule has 0 saturated heterocycles. The number of rotatable bonds is 7. The molecular weight excluding hydrogens is 364 g/mol. The first kappa shape index (κ1) is 20.3. The Kier molecular flexibility index (Phi) is 7.25. The second kappa shape index (κ2) is 9.64. The molecular formula is C20H23ClN4O2. The SMILES string of the molecule is COc1cccc(-c2cc(NCCc3ccc(N)cc3)nc(OC)n2)c1.Cl. The van der Waals surface area contributed by atoms with Crippen molar-refractivity contribution in [3.05, 3.63) is 60.2 Å². The molecule has 3 rings (SSSR count). The predicted molar refractivity (Wildman–Crippen MR) is 111 cm³/mol. The second-order valence-electron chi connectivity index (χ2n) is 5.78. The van der Waals surface area contributed by atoms with E-state index in [0.717, 1.165) is 35.7 Å². The van der Waals surface area contributed by atoms with Crippen molar-refractivity contribution in [2.24, 2.45) is 0 Å². The van der Waals surface area contributed by atoms with E-state index in [9.17, 15) is 0 Å². The summed E-state index contributed by atoms with van der Waals surface area (Å²) < 4.78 is 10.5. The van der Waals surface area contributed by atoms with E-state index >= 15 is 0 Å². The van der Waals surface area contributed by atoms with Gasteiger partial charge < -0.3 is 20.5 Å². The van der Waals surface area contributed by atoms with Gasteiger partial charge in [0.25, 0.3) is 0 Å². The maximum Gasteiger partial charge on any atom is 0.318 e. The largest absolute Gasteiger partial charge is 0.497 e. The number of anilines is 2. The fourth-order valence-corrected chi connectivity index (χ4v) is 2.56. The van der Waals surface area contributed by atoms with Crippen molar-refractivity contribution in [1.29, 1.82) is 0 Å². The summed E-state index contributed by atoms with van der Waals surface area (Å²) in [5, 5.41) is 3.33. The summed E-state index contributed by atoms with van der Waals surface area (Å²) in [4.78, 5) is 8.80. The number of nitrogens with zero attached hydrogens (tertiary/aromatic N) is 2. The number of aromatic nitrogens is 2. The summed E-state index contributed by atoms with van der Waals surface area (Å²) >= 11 is 0. The van der Waals surface area contributed by atoms with Gasteiger partial charge in [0.1, 0.15) is 11.6 Å². The molecule has 0 spiro atoms. The van der Waals surface area contributed by atoms with Crippen LogP contribution in [0, 0.1) is 0 Å². The summed E-state index contributed by atoms with van der Waals surface area (Å²) in [6.45, 7) is 0.738. The van der Waals surface area contributed by atoms with Gasteiger partial charge in [0.15, 0.2) is 0 Å². The highest BCUT2D eigenvalue weighted by atomic mass is 35.5. The number of hydrogen-bond donors (Lipinski definition) is 2. The quantitative estimate of drug-likeness (QED) is 0.601. The van der Waals surface area contributed by atoms with Crippen LogP contribution < -0.4 is 20.5 Å². The van der Waals surface area contributed by atoms with Gasteiger partial charge in [-0.05, 0) is 36.2 Å². The lowest BCUT2D eigenvalue weighted by Crippen LogP contribution is -2.08. The lowest BCUT2D eigenvalue weighted by Gasteiger charge is -2.10. The molecule has 0 bridgehead atoms. The van der Waals surface area contributed by atoms with Gasteiger partial charge in [-0.2, -0.15) is 9.97 Å². The first-order valence-electron chi connectivity index (χ1n) is 8.34. The number of benzene rings is 2. The van der Waals surface area contributed by atoms with Crippen LogP contribution in [0.4, 0.5) is 11.5 Å². The van der Waals surface area contributed by atoms with E-state index in [2.05, 4.69) is 15.3 Å². The zero-order chi connectivity index (χ0) is 18.4. The number of nitrogens with one attached hydrogen (secondary N) is 1. The van der Waals surface area contributed by atoms with Crippen LogP contribution in [-0.2, 0) is 6.42 Å². The molecule has 1 aromatic heterocycles. The lowest BCUT2D eigenvalue weighted by molar-refractivity contribution is 0.381. The topological polar surface area (TPSA) is 82.3 Å². The van der Waals surface area contributed by atoms with Crippen LogP contribution in [-0.4, -0.2) is 30.7 Å². The number of hydrogen-bond acceptors (Lipinski definition) is 6. The van der Waals surface area contributed by atoms with E-state index < -0.39 is 0 Å². The number of nitrogens with two attached hydrogens (primary N) is 1. The lowest BCUT2D eigenvalue weighted by atomic mass is 10.1. The third-order valence-electron chi connectivity index (χ3n) is 3.95. The maximum atomic E-state index is 5.72. The van der Waals surface area contributed by atoms with Crippen LogP contribution in [0.25, 0.3) is 11.3 Å². The number of methoxy groups -OCH3 is 2. The van der Waals surface area contributed by atoms with Gasteiger partial charge in [-0.1, -0.05) is 24.3 Å². The minimum absolute atomic E-state index is 0. The van der Waals surface area contributed by atoms with Crippen molar-refractivity contribution in [3.8, 4) is 23.0 Å². The van der Waals surface area contributed by atoms with Crippen molar-refractivity contribution < 1.29 is 9.47 Å². The molecule has 0 fully saturated rings. The molecule has 0 saturated carbocycles.